The van der Waals surface area contributed by atoms with Gasteiger partial charge < -0.3 is 19.6 Å². The van der Waals surface area contributed by atoms with Crippen molar-refractivity contribution in [2.45, 2.75) is 119 Å². The Morgan fingerprint density at radius 1 is 0.476 bits per heavy atom. The van der Waals surface area contributed by atoms with Crippen molar-refractivity contribution in [1.82, 2.24) is 0 Å². The third-order valence-corrected chi connectivity index (χ3v) is 11.2. The van der Waals surface area contributed by atoms with Gasteiger partial charge in [0.2, 0.25) is 0 Å². The summed E-state index contributed by atoms with van der Waals surface area (Å²) in [7, 11) is -18.3. The second-order valence-corrected chi connectivity index (χ2v) is 15.9. The van der Waals surface area contributed by atoms with Gasteiger partial charge in [0.15, 0.2) is 0 Å². The standard InChI is InChI=1S/C16H36O7P2.C8H20O7P2/c1-5-9-11-15(7-3)13-21-24(17,18)23-25(19,20)22-14-16(8-4)12-10-6-2;1-3-5-7-13-16(9,10)15-17(11,12)14-8-6-4-2/h15-16H,5-14H2,1-4H3,(H,17,18)(H,19,20);3-8H2,1-2H3,(H,9,10)(H,11,12). The zero-order valence-corrected chi connectivity index (χ0v) is 29.7. The smallest absolute Gasteiger partial charge is 0.302 e. The van der Waals surface area contributed by atoms with Crippen LogP contribution in [0, 0.1) is 11.8 Å². The van der Waals surface area contributed by atoms with Gasteiger partial charge >= 0.3 is 31.3 Å². The van der Waals surface area contributed by atoms with E-state index < -0.39 is 31.3 Å². The molecule has 0 radical (unpaired) electrons. The van der Waals surface area contributed by atoms with Crippen LogP contribution in [0.3, 0.4) is 0 Å². The number of phosphoric ester groups is 4. The van der Waals surface area contributed by atoms with Gasteiger partial charge in [-0.25, -0.2) is 18.3 Å². The average Bonchev–Trinajstić information content (AvgIpc) is 2.88. The molecule has 256 valence electrons. The largest absolute Gasteiger partial charge is 0.481 e. The van der Waals surface area contributed by atoms with Crippen molar-refractivity contribution in [3.63, 3.8) is 0 Å². The highest BCUT2D eigenvalue weighted by molar-refractivity contribution is 7.61. The molecule has 0 saturated heterocycles. The summed E-state index contributed by atoms with van der Waals surface area (Å²) in [5.41, 5.74) is 0. The fourth-order valence-electron chi connectivity index (χ4n) is 3.20. The van der Waals surface area contributed by atoms with E-state index in [9.17, 15) is 28.0 Å². The molecule has 0 aromatic heterocycles. The van der Waals surface area contributed by atoms with E-state index in [0.29, 0.717) is 12.8 Å². The second-order valence-electron chi connectivity index (χ2n) is 9.84. The molecule has 0 fully saturated rings. The number of hydrogen-bond acceptors (Lipinski definition) is 10. The van der Waals surface area contributed by atoms with Gasteiger partial charge in [-0.3, -0.25) is 18.1 Å². The molecule has 4 N–H and O–H groups in total. The van der Waals surface area contributed by atoms with Gasteiger partial charge in [-0.2, -0.15) is 8.62 Å². The van der Waals surface area contributed by atoms with Gasteiger partial charge in [0.1, 0.15) is 0 Å². The Bertz CT molecular complexity index is 793. The SMILES string of the molecule is CCCCC(CC)COP(=O)(O)OP(=O)(O)OCC(CC)CCCC.CCCCOP(=O)(O)OP(=O)(O)OCCCC. The molecule has 0 rings (SSSR count). The van der Waals surface area contributed by atoms with E-state index in [0.717, 1.165) is 64.2 Å². The topological polar surface area (TPSA) is 205 Å². The Labute approximate surface area is 252 Å². The maximum atomic E-state index is 11.9. The molecule has 42 heavy (non-hydrogen) atoms. The molecule has 0 bridgehead atoms. The minimum atomic E-state index is -4.64. The highest BCUT2D eigenvalue weighted by Gasteiger charge is 2.36. The summed E-state index contributed by atoms with van der Waals surface area (Å²) in [6.07, 6.45) is 10.0. The molecular weight excluding hydrogens is 636 g/mol. The lowest BCUT2D eigenvalue weighted by molar-refractivity contribution is 0.126. The summed E-state index contributed by atoms with van der Waals surface area (Å²) in [4.78, 5) is 37.6. The third-order valence-electron chi connectivity index (χ3n) is 5.95. The molecule has 0 aliphatic rings. The minimum Gasteiger partial charge on any atom is -0.302 e. The molecular formula is C24H56O14P4. The summed E-state index contributed by atoms with van der Waals surface area (Å²) in [6.45, 7) is 11.8. The summed E-state index contributed by atoms with van der Waals surface area (Å²) in [5, 5.41) is 0. The Morgan fingerprint density at radius 3 is 1.02 bits per heavy atom. The molecule has 0 aromatic rings. The maximum Gasteiger partial charge on any atom is 0.481 e. The average molecular weight is 693 g/mol. The first kappa shape index (κ1) is 44.6. The van der Waals surface area contributed by atoms with Crippen LogP contribution >= 0.6 is 31.3 Å². The summed E-state index contributed by atoms with van der Waals surface area (Å²) in [6, 6.07) is 0. The first-order valence-corrected chi connectivity index (χ1v) is 20.8. The van der Waals surface area contributed by atoms with E-state index in [-0.39, 0.29) is 38.3 Å². The van der Waals surface area contributed by atoms with Crippen LogP contribution in [0.25, 0.3) is 0 Å². The van der Waals surface area contributed by atoms with Gasteiger partial charge in [0.25, 0.3) is 0 Å². The van der Waals surface area contributed by atoms with Gasteiger partial charge in [-0.1, -0.05) is 92.9 Å². The van der Waals surface area contributed by atoms with Gasteiger partial charge in [-0.15, -0.1) is 0 Å². The normalized spacial score (nSPS) is 18.9. The summed E-state index contributed by atoms with van der Waals surface area (Å²) < 4.78 is 73.5. The van der Waals surface area contributed by atoms with E-state index in [1.165, 1.54) is 0 Å². The molecule has 0 aliphatic heterocycles. The number of phosphoric acid groups is 4. The highest BCUT2D eigenvalue weighted by atomic mass is 31.3. The van der Waals surface area contributed by atoms with Gasteiger partial charge in [0.05, 0.1) is 26.4 Å². The zero-order chi connectivity index (χ0) is 32.7. The number of rotatable bonds is 26. The lowest BCUT2D eigenvalue weighted by Gasteiger charge is -2.20. The first-order valence-electron chi connectivity index (χ1n) is 14.8. The molecule has 0 saturated carbocycles. The Hall–Kier alpha value is 0.520. The van der Waals surface area contributed by atoms with Crippen molar-refractivity contribution in [2.75, 3.05) is 26.4 Å². The highest BCUT2D eigenvalue weighted by Crippen LogP contribution is 2.61. The van der Waals surface area contributed by atoms with E-state index in [4.69, 9.17) is 18.8 Å². The van der Waals surface area contributed by atoms with Crippen molar-refractivity contribution < 1.29 is 64.6 Å². The zero-order valence-electron chi connectivity index (χ0n) is 26.1. The molecule has 0 spiro atoms. The molecule has 6 unspecified atom stereocenters. The summed E-state index contributed by atoms with van der Waals surface area (Å²) >= 11 is 0. The fourth-order valence-corrected chi connectivity index (χ4v) is 7.56. The van der Waals surface area contributed by atoms with E-state index in [1.807, 2.05) is 27.7 Å². The van der Waals surface area contributed by atoms with Crippen molar-refractivity contribution >= 4 is 31.3 Å². The summed E-state index contributed by atoms with van der Waals surface area (Å²) in [5.74, 6) is 0.225. The second kappa shape index (κ2) is 24.7. The molecule has 0 amide bonds. The van der Waals surface area contributed by atoms with Crippen LogP contribution in [-0.4, -0.2) is 46.0 Å². The lowest BCUT2D eigenvalue weighted by Crippen LogP contribution is -2.10. The van der Waals surface area contributed by atoms with Crippen molar-refractivity contribution in [2.24, 2.45) is 11.8 Å². The maximum absolute atomic E-state index is 11.9. The van der Waals surface area contributed by atoms with E-state index in [2.05, 4.69) is 31.5 Å². The van der Waals surface area contributed by atoms with Crippen molar-refractivity contribution in [3.8, 4) is 0 Å². The predicted octanol–water partition coefficient (Wildman–Crippen LogP) is 8.51. The van der Waals surface area contributed by atoms with Crippen molar-refractivity contribution in [3.05, 3.63) is 0 Å². The monoisotopic (exact) mass is 692 g/mol. The third kappa shape index (κ3) is 26.9. The van der Waals surface area contributed by atoms with Crippen LogP contribution in [0.1, 0.15) is 119 Å². The van der Waals surface area contributed by atoms with Crippen LogP contribution in [0.4, 0.5) is 0 Å². The fraction of sp³-hybridized carbons (Fsp3) is 1.00. The van der Waals surface area contributed by atoms with Crippen LogP contribution in [0.2, 0.25) is 0 Å². The Kier molecular flexibility index (Phi) is 26.3. The molecule has 18 heteroatoms. The van der Waals surface area contributed by atoms with Crippen molar-refractivity contribution in [1.29, 1.82) is 0 Å². The van der Waals surface area contributed by atoms with Crippen LogP contribution in [-0.2, 0) is 45.0 Å². The number of unbranched alkanes of at least 4 members (excludes halogenated alkanes) is 4. The first-order chi connectivity index (χ1) is 19.5. The van der Waals surface area contributed by atoms with E-state index in [1.54, 1.807) is 0 Å². The molecule has 0 heterocycles. The van der Waals surface area contributed by atoms with Gasteiger partial charge in [-0.05, 0) is 37.5 Å². The molecule has 0 aliphatic carbocycles. The van der Waals surface area contributed by atoms with Crippen LogP contribution in [0.15, 0.2) is 0 Å². The predicted molar refractivity (Wildman–Crippen MR) is 162 cm³/mol. The Balaban J connectivity index is 0. The van der Waals surface area contributed by atoms with Crippen LogP contribution < -0.4 is 0 Å². The molecule has 0 aromatic carbocycles. The van der Waals surface area contributed by atoms with E-state index >= 15 is 0 Å². The minimum absolute atomic E-state index is 0.0123. The quantitative estimate of drug-likeness (QED) is 0.0496. The van der Waals surface area contributed by atoms with Gasteiger partial charge in [0, 0.05) is 0 Å². The number of hydrogen-bond donors (Lipinski definition) is 4. The Morgan fingerprint density at radius 2 is 0.762 bits per heavy atom. The van der Waals surface area contributed by atoms with Crippen LogP contribution in [0.5, 0.6) is 0 Å². The lowest BCUT2D eigenvalue weighted by atomic mass is 10.0. The molecule has 14 nitrogen and oxygen atoms in total. The molecule has 6 atom stereocenters.